The van der Waals surface area contributed by atoms with E-state index in [-0.39, 0.29) is 21.8 Å². The molecule has 0 atom stereocenters. The summed E-state index contributed by atoms with van der Waals surface area (Å²) in [5.41, 5.74) is -3.26. The zero-order chi connectivity index (χ0) is 20.4. The van der Waals surface area contributed by atoms with E-state index in [1.807, 2.05) is 0 Å². The van der Waals surface area contributed by atoms with Crippen molar-refractivity contribution in [2.75, 3.05) is 0 Å². The molecule has 0 radical (unpaired) electrons. The van der Waals surface area contributed by atoms with Crippen LogP contribution in [0.3, 0.4) is 0 Å². The van der Waals surface area contributed by atoms with E-state index in [0.29, 0.717) is 4.57 Å². The number of aromatic amines is 1. The molecule has 0 unspecified atom stereocenters. The first kappa shape index (κ1) is 18.0. The fourth-order valence-corrected chi connectivity index (χ4v) is 3.97. The molecule has 4 aromatic rings. The van der Waals surface area contributed by atoms with Gasteiger partial charge >= 0.3 is 17.8 Å². The second-order valence-electron chi connectivity index (χ2n) is 6.06. The summed E-state index contributed by atoms with van der Waals surface area (Å²) in [7, 11) is 1.34. The SMILES string of the molecule is Cn1c(C(=O)O)c(-n2c(=O)[nH]c3cscc3c2=O)c2cc(C(F)(F)F)ccc21. The molecule has 4 rings (SSSR count). The van der Waals surface area contributed by atoms with Gasteiger partial charge in [0, 0.05) is 23.2 Å². The smallest absolute Gasteiger partial charge is 0.416 e. The summed E-state index contributed by atoms with van der Waals surface area (Å²) in [4.78, 5) is 39.7. The highest BCUT2D eigenvalue weighted by Gasteiger charge is 2.33. The van der Waals surface area contributed by atoms with Crippen LogP contribution in [-0.2, 0) is 13.2 Å². The van der Waals surface area contributed by atoms with Crippen LogP contribution in [0.4, 0.5) is 13.2 Å². The second-order valence-corrected chi connectivity index (χ2v) is 6.80. The van der Waals surface area contributed by atoms with E-state index in [0.717, 1.165) is 34.1 Å². The summed E-state index contributed by atoms with van der Waals surface area (Å²) in [5.74, 6) is -1.49. The number of aryl methyl sites for hydroxylation is 1. The first-order valence-corrected chi connectivity index (χ1v) is 8.70. The Bertz CT molecular complexity index is 1390. The van der Waals surface area contributed by atoms with E-state index >= 15 is 0 Å². The van der Waals surface area contributed by atoms with Crippen LogP contribution in [0.15, 0.2) is 38.5 Å². The number of benzene rings is 1. The summed E-state index contributed by atoms with van der Waals surface area (Å²) in [5, 5.41) is 12.6. The van der Waals surface area contributed by atoms with Gasteiger partial charge in [-0.1, -0.05) is 0 Å². The molecule has 7 nitrogen and oxygen atoms in total. The number of thiophene rings is 1. The predicted molar refractivity (Wildman–Crippen MR) is 96.5 cm³/mol. The minimum Gasteiger partial charge on any atom is -0.477 e. The van der Waals surface area contributed by atoms with Gasteiger partial charge in [0.2, 0.25) is 0 Å². The number of aromatic nitrogens is 3. The molecule has 1 aromatic carbocycles. The van der Waals surface area contributed by atoms with E-state index in [1.165, 1.54) is 17.8 Å². The number of carboxylic acids is 1. The van der Waals surface area contributed by atoms with Gasteiger partial charge in [0.05, 0.1) is 27.7 Å². The third-order valence-electron chi connectivity index (χ3n) is 4.47. The largest absolute Gasteiger partial charge is 0.477 e. The first-order valence-electron chi connectivity index (χ1n) is 7.75. The minimum atomic E-state index is -4.68. The number of hydrogen-bond acceptors (Lipinski definition) is 4. The van der Waals surface area contributed by atoms with Crippen LogP contribution in [-0.4, -0.2) is 25.2 Å². The van der Waals surface area contributed by atoms with Gasteiger partial charge in [-0.25, -0.2) is 14.2 Å². The third-order valence-corrected chi connectivity index (χ3v) is 5.21. The van der Waals surface area contributed by atoms with Crippen LogP contribution in [0.1, 0.15) is 16.1 Å². The zero-order valence-electron chi connectivity index (χ0n) is 14.0. The quantitative estimate of drug-likeness (QED) is 0.532. The maximum absolute atomic E-state index is 13.2. The number of halogens is 3. The summed E-state index contributed by atoms with van der Waals surface area (Å²) in [6.45, 7) is 0. The molecule has 144 valence electrons. The summed E-state index contributed by atoms with van der Waals surface area (Å²) < 4.78 is 41.3. The van der Waals surface area contributed by atoms with Crippen molar-refractivity contribution >= 4 is 39.1 Å². The minimum absolute atomic E-state index is 0.130. The average Bonchev–Trinajstić information content (AvgIpc) is 3.17. The van der Waals surface area contributed by atoms with Crippen LogP contribution in [0.5, 0.6) is 0 Å². The Balaban J connectivity index is 2.23. The molecule has 0 aliphatic rings. The van der Waals surface area contributed by atoms with Crippen molar-refractivity contribution < 1.29 is 23.1 Å². The molecule has 0 bridgehead atoms. The molecule has 28 heavy (non-hydrogen) atoms. The van der Waals surface area contributed by atoms with Gasteiger partial charge in [-0.2, -0.15) is 13.2 Å². The fourth-order valence-electron chi connectivity index (χ4n) is 3.22. The van der Waals surface area contributed by atoms with Gasteiger partial charge in [-0.15, -0.1) is 11.3 Å². The highest BCUT2D eigenvalue weighted by molar-refractivity contribution is 7.09. The summed E-state index contributed by atoms with van der Waals surface area (Å²) in [6.07, 6.45) is -4.68. The Morgan fingerprint density at radius 3 is 2.54 bits per heavy atom. The molecule has 0 fully saturated rings. The van der Waals surface area contributed by atoms with Gasteiger partial charge in [0.15, 0.2) is 5.69 Å². The van der Waals surface area contributed by atoms with Crippen molar-refractivity contribution in [3.8, 4) is 5.69 Å². The standard InChI is InChI=1S/C17H10F3N3O4S/c1-22-11-3-2-7(17(18,19)20)4-8(11)12(13(22)15(25)26)23-14(24)9-5-28-6-10(9)21-16(23)27/h2-6H,1H3,(H,21,27)(H,25,26). The molecule has 0 saturated heterocycles. The van der Waals surface area contributed by atoms with E-state index < -0.39 is 40.3 Å². The van der Waals surface area contributed by atoms with Crippen LogP contribution >= 0.6 is 11.3 Å². The van der Waals surface area contributed by atoms with E-state index in [4.69, 9.17) is 0 Å². The number of H-pyrrole nitrogens is 1. The maximum atomic E-state index is 13.2. The van der Waals surface area contributed by atoms with Gasteiger partial charge in [0.25, 0.3) is 5.56 Å². The fraction of sp³-hybridized carbons (Fsp3) is 0.118. The second kappa shape index (κ2) is 5.83. The van der Waals surface area contributed by atoms with Crippen molar-refractivity contribution in [2.45, 2.75) is 6.18 Å². The Morgan fingerprint density at radius 1 is 1.18 bits per heavy atom. The number of carbonyl (C=O) groups is 1. The summed E-state index contributed by atoms with van der Waals surface area (Å²) in [6, 6.07) is 2.66. The van der Waals surface area contributed by atoms with E-state index in [9.17, 15) is 32.7 Å². The molecule has 0 aliphatic heterocycles. The molecule has 3 heterocycles. The highest BCUT2D eigenvalue weighted by atomic mass is 32.1. The van der Waals surface area contributed by atoms with Crippen molar-refractivity contribution in [1.29, 1.82) is 0 Å². The molecule has 0 amide bonds. The van der Waals surface area contributed by atoms with E-state index in [2.05, 4.69) is 4.98 Å². The van der Waals surface area contributed by atoms with Crippen molar-refractivity contribution in [1.82, 2.24) is 14.1 Å². The number of carboxylic acid groups (broad SMARTS) is 1. The lowest BCUT2D eigenvalue weighted by Gasteiger charge is -2.08. The molecule has 0 aliphatic carbocycles. The zero-order valence-corrected chi connectivity index (χ0v) is 14.8. The van der Waals surface area contributed by atoms with Gasteiger partial charge in [-0.3, -0.25) is 4.79 Å². The van der Waals surface area contributed by atoms with Crippen molar-refractivity contribution in [3.63, 3.8) is 0 Å². The average molecular weight is 409 g/mol. The normalized spacial score (nSPS) is 12.1. The molecular weight excluding hydrogens is 399 g/mol. The first-order chi connectivity index (χ1) is 13.1. The van der Waals surface area contributed by atoms with Crippen molar-refractivity contribution in [2.24, 2.45) is 7.05 Å². The summed E-state index contributed by atoms with van der Waals surface area (Å²) >= 11 is 1.15. The number of alkyl halides is 3. The maximum Gasteiger partial charge on any atom is 0.416 e. The van der Waals surface area contributed by atoms with Crippen LogP contribution in [0.25, 0.3) is 27.5 Å². The highest BCUT2D eigenvalue weighted by Crippen LogP contribution is 2.35. The molecule has 3 aromatic heterocycles. The number of nitrogens with zero attached hydrogens (tertiary/aromatic N) is 2. The lowest BCUT2D eigenvalue weighted by molar-refractivity contribution is -0.137. The van der Waals surface area contributed by atoms with Crippen LogP contribution in [0, 0.1) is 0 Å². The monoisotopic (exact) mass is 409 g/mol. The lowest BCUT2D eigenvalue weighted by atomic mass is 10.1. The molecule has 11 heteroatoms. The predicted octanol–water partition coefficient (Wildman–Crippen LogP) is 2.95. The molecule has 0 saturated carbocycles. The topological polar surface area (TPSA) is 97.1 Å². The number of aromatic carboxylic acids is 1. The number of rotatable bonds is 2. The van der Waals surface area contributed by atoms with Gasteiger partial charge in [0.1, 0.15) is 0 Å². The Kier molecular flexibility index (Phi) is 3.76. The third kappa shape index (κ3) is 2.47. The Hall–Kier alpha value is -3.34. The Labute approximate surface area is 156 Å². The van der Waals surface area contributed by atoms with Crippen LogP contribution in [0.2, 0.25) is 0 Å². The van der Waals surface area contributed by atoms with Gasteiger partial charge in [-0.05, 0) is 18.2 Å². The van der Waals surface area contributed by atoms with Crippen molar-refractivity contribution in [3.05, 3.63) is 61.1 Å². The number of hydrogen-bond donors (Lipinski definition) is 2. The number of fused-ring (bicyclic) bond motifs is 2. The Morgan fingerprint density at radius 2 is 1.89 bits per heavy atom. The molecule has 0 spiro atoms. The van der Waals surface area contributed by atoms with Crippen LogP contribution < -0.4 is 11.2 Å². The molecular formula is C17H10F3N3O4S. The lowest BCUT2D eigenvalue weighted by Crippen LogP contribution is -2.34. The van der Waals surface area contributed by atoms with E-state index in [1.54, 1.807) is 0 Å². The number of nitrogens with one attached hydrogen (secondary N) is 1. The molecule has 2 N–H and O–H groups in total. The van der Waals surface area contributed by atoms with Gasteiger partial charge < -0.3 is 14.7 Å².